The number of phenolic OH excluding ortho intramolecular Hbond substituents is 1. The second-order valence-electron chi connectivity index (χ2n) is 7.43. The normalized spacial score (nSPS) is 11.3. The van der Waals surface area contributed by atoms with E-state index in [4.69, 9.17) is 9.47 Å². The summed E-state index contributed by atoms with van der Waals surface area (Å²) in [5.74, 6) is -0.544. The number of carbonyl (C=O) groups is 1. The number of rotatable bonds is 8. The van der Waals surface area contributed by atoms with Gasteiger partial charge in [-0.15, -0.1) is 0 Å². The van der Waals surface area contributed by atoms with Gasteiger partial charge in [0.05, 0.1) is 17.7 Å². The Morgan fingerprint density at radius 3 is 2.47 bits per heavy atom. The Morgan fingerprint density at radius 2 is 1.90 bits per heavy atom. The van der Waals surface area contributed by atoms with Crippen molar-refractivity contribution in [3.8, 4) is 17.2 Å². The van der Waals surface area contributed by atoms with Crippen LogP contribution in [-0.2, 0) is 10.2 Å². The first-order valence-electron chi connectivity index (χ1n) is 9.31. The highest BCUT2D eigenvalue weighted by Crippen LogP contribution is 2.36. The van der Waals surface area contributed by atoms with Gasteiger partial charge in [-0.1, -0.05) is 32.9 Å². The van der Waals surface area contributed by atoms with Crippen LogP contribution >= 0.6 is 0 Å². The number of benzene rings is 2. The summed E-state index contributed by atoms with van der Waals surface area (Å²) >= 11 is 0. The third kappa shape index (κ3) is 6.20. The number of hydrogen-bond acceptors (Lipinski definition) is 7. The molecule has 2 aromatic rings. The fraction of sp³-hybridized carbons (Fsp3) is 0.333. The van der Waals surface area contributed by atoms with E-state index in [9.17, 15) is 20.0 Å². The molecule has 2 rings (SSSR count). The monoisotopic (exact) mass is 415 g/mol. The van der Waals surface area contributed by atoms with E-state index >= 15 is 0 Å². The molecule has 2 N–H and O–H groups in total. The first-order valence-corrected chi connectivity index (χ1v) is 9.31. The molecule has 9 heteroatoms. The molecule has 0 aliphatic rings. The Bertz CT molecular complexity index is 933. The minimum Gasteiger partial charge on any atom is -0.500 e. The van der Waals surface area contributed by atoms with Gasteiger partial charge in [0.25, 0.3) is 5.91 Å². The van der Waals surface area contributed by atoms with E-state index < -0.39 is 22.3 Å². The lowest BCUT2D eigenvalue weighted by Crippen LogP contribution is -2.24. The van der Waals surface area contributed by atoms with Crippen LogP contribution in [0.25, 0.3) is 0 Å². The highest BCUT2D eigenvalue weighted by molar-refractivity contribution is 5.85. The van der Waals surface area contributed by atoms with Crippen molar-refractivity contribution in [3.63, 3.8) is 0 Å². The quantitative estimate of drug-likeness (QED) is 0.386. The maximum Gasteiger partial charge on any atom is 0.315 e. The van der Waals surface area contributed by atoms with Crippen molar-refractivity contribution in [2.75, 3.05) is 13.2 Å². The molecule has 0 heterocycles. The molecular weight excluding hydrogens is 390 g/mol. The summed E-state index contributed by atoms with van der Waals surface area (Å²) < 4.78 is 10.6. The highest BCUT2D eigenvalue weighted by Gasteiger charge is 2.19. The van der Waals surface area contributed by atoms with Crippen LogP contribution in [0.2, 0.25) is 0 Å². The van der Waals surface area contributed by atoms with E-state index in [0.717, 1.165) is 11.6 Å². The van der Waals surface area contributed by atoms with Gasteiger partial charge in [-0.25, -0.2) is 5.43 Å². The minimum absolute atomic E-state index is 0.0238. The largest absolute Gasteiger partial charge is 0.500 e. The van der Waals surface area contributed by atoms with E-state index in [1.54, 1.807) is 19.1 Å². The molecule has 1 amide bonds. The van der Waals surface area contributed by atoms with Crippen molar-refractivity contribution < 1.29 is 24.3 Å². The van der Waals surface area contributed by atoms with E-state index in [-0.39, 0.29) is 29.9 Å². The topological polar surface area (TPSA) is 123 Å². The van der Waals surface area contributed by atoms with Gasteiger partial charge in [-0.2, -0.15) is 5.10 Å². The van der Waals surface area contributed by atoms with Crippen LogP contribution in [0.1, 0.15) is 38.8 Å². The molecule has 0 radical (unpaired) electrons. The van der Waals surface area contributed by atoms with Gasteiger partial charge in [0, 0.05) is 11.6 Å². The van der Waals surface area contributed by atoms with Crippen LogP contribution < -0.4 is 14.9 Å². The van der Waals surface area contributed by atoms with Crippen LogP contribution in [0.3, 0.4) is 0 Å². The van der Waals surface area contributed by atoms with E-state index in [1.807, 2.05) is 12.1 Å². The number of carbonyl (C=O) groups excluding carboxylic acids is 1. The van der Waals surface area contributed by atoms with E-state index in [1.165, 1.54) is 12.3 Å². The first kappa shape index (κ1) is 22.7. The second kappa shape index (κ2) is 9.73. The predicted octanol–water partition coefficient (Wildman–Crippen LogP) is 3.53. The highest BCUT2D eigenvalue weighted by atomic mass is 16.6. The number of phenols is 1. The maximum absolute atomic E-state index is 11.9. The molecule has 0 aromatic heterocycles. The van der Waals surface area contributed by atoms with Gasteiger partial charge in [0.1, 0.15) is 5.75 Å². The third-order valence-corrected chi connectivity index (χ3v) is 4.07. The summed E-state index contributed by atoms with van der Waals surface area (Å²) in [5.41, 5.74) is 3.22. The van der Waals surface area contributed by atoms with E-state index in [2.05, 4.69) is 31.3 Å². The summed E-state index contributed by atoms with van der Waals surface area (Å²) in [4.78, 5) is 22.2. The maximum atomic E-state index is 11.9. The van der Waals surface area contributed by atoms with Gasteiger partial charge >= 0.3 is 5.69 Å². The van der Waals surface area contributed by atoms with Crippen molar-refractivity contribution in [1.82, 2.24) is 5.43 Å². The van der Waals surface area contributed by atoms with Crippen molar-refractivity contribution >= 4 is 17.8 Å². The SMILES string of the molecule is CCOc1cc(/C=N/NC(=O)COc2ccc(C(C)(C)C)cc2)cc([N+](=O)[O-])c1O. The van der Waals surface area contributed by atoms with Crippen molar-refractivity contribution in [3.05, 3.63) is 57.6 Å². The molecule has 0 aliphatic carbocycles. The van der Waals surface area contributed by atoms with Crippen molar-refractivity contribution in [2.24, 2.45) is 5.10 Å². The minimum atomic E-state index is -0.730. The Labute approximate surface area is 174 Å². The molecule has 0 atom stereocenters. The van der Waals surface area contributed by atoms with Crippen LogP contribution in [0, 0.1) is 10.1 Å². The molecule has 9 nitrogen and oxygen atoms in total. The number of nitro benzene ring substituents is 1. The Morgan fingerprint density at radius 1 is 1.23 bits per heavy atom. The number of nitrogens with one attached hydrogen (secondary N) is 1. The molecule has 0 unspecified atom stereocenters. The number of amides is 1. The summed E-state index contributed by atoms with van der Waals surface area (Å²) in [7, 11) is 0. The third-order valence-electron chi connectivity index (χ3n) is 4.07. The zero-order chi connectivity index (χ0) is 22.3. The predicted molar refractivity (Wildman–Crippen MR) is 112 cm³/mol. The fourth-order valence-corrected chi connectivity index (χ4v) is 2.50. The Balaban J connectivity index is 1.96. The Kier molecular flexibility index (Phi) is 7.35. The number of nitrogens with zero attached hydrogens (tertiary/aromatic N) is 2. The average molecular weight is 415 g/mol. The van der Waals surface area contributed by atoms with Crippen LogP contribution in [0.15, 0.2) is 41.5 Å². The summed E-state index contributed by atoms with van der Waals surface area (Å²) in [6.07, 6.45) is 1.21. The van der Waals surface area contributed by atoms with Gasteiger partial charge in [-0.3, -0.25) is 14.9 Å². The van der Waals surface area contributed by atoms with Crippen LogP contribution in [-0.4, -0.2) is 35.4 Å². The lowest BCUT2D eigenvalue weighted by Gasteiger charge is -2.19. The van der Waals surface area contributed by atoms with Gasteiger partial charge in [0.15, 0.2) is 12.4 Å². The standard InChI is InChI=1S/C21H25N3O6/c1-5-29-18-11-14(10-17(20(18)26)24(27)28)12-22-23-19(25)13-30-16-8-6-15(7-9-16)21(2,3)4/h6-12,26H,5,13H2,1-4H3,(H,23,25)/b22-12+. The average Bonchev–Trinajstić information content (AvgIpc) is 2.68. The molecular formula is C21H25N3O6. The summed E-state index contributed by atoms with van der Waals surface area (Å²) in [5, 5.41) is 24.7. The van der Waals surface area contributed by atoms with Gasteiger partial charge in [-0.05, 0) is 36.1 Å². The number of ether oxygens (including phenoxy) is 2. The van der Waals surface area contributed by atoms with Crippen LogP contribution in [0.5, 0.6) is 17.2 Å². The second-order valence-corrected chi connectivity index (χ2v) is 7.43. The molecule has 2 aromatic carbocycles. The number of nitro groups is 1. The first-order chi connectivity index (χ1) is 14.1. The molecule has 0 saturated carbocycles. The fourth-order valence-electron chi connectivity index (χ4n) is 2.50. The molecule has 0 saturated heterocycles. The zero-order valence-electron chi connectivity index (χ0n) is 17.3. The van der Waals surface area contributed by atoms with Crippen LogP contribution in [0.4, 0.5) is 5.69 Å². The molecule has 160 valence electrons. The molecule has 0 aliphatic heterocycles. The molecule has 0 spiro atoms. The van der Waals surface area contributed by atoms with Crippen molar-refractivity contribution in [1.29, 1.82) is 0 Å². The molecule has 0 fully saturated rings. The lowest BCUT2D eigenvalue weighted by atomic mass is 9.87. The Hall–Kier alpha value is -3.62. The van der Waals surface area contributed by atoms with Gasteiger partial charge in [0.2, 0.25) is 5.75 Å². The smallest absolute Gasteiger partial charge is 0.315 e. The summed E-state index contributed by atoms with van der Waals surface area (Å²) in [6.45, 7) is 7.97. The van der Waals surface area contributed by atoms with E-state index in [0.29, 0.717) is 5.75 Å². The van der Waals surface area contributed by atoms with Crippen molar-refractivity contribution in [2.45, 2.75) is 33.1 Å². The number of hydrazone groups is 1. The molecule has 30 heavy (non-hydrogen) atoms. The summed E-state index contributed by atoms with van der Waals surface area (Å²) in [6, 6.07) is 9.98. The molecule has 0 bridgehead atoms. The lowest BCUT2D eigenvalue weighted by molar-refractivity contribution is -0.386. The van der Waals surface area contributed by atoms with Gasteiger partial charge < -0.3 is 14.6 Å². The number of aromatic hydroxyl groups is 1. The number of hydrogen-bond donors (Lipinski definition) is 2. The zero-order valence-corrected chi connectivity index (χ0v) is 17.3.